The average molecular weight is 872 g/mol. The Balaban J connectivity index is 3.41. The van der Waals surface area contributed by atoms with E-state index >= 15 is 0 Å². The molecule has 0 saturated heterocycles. The largest absolute Gasteiger partial charge is 0.466 e. The van der Waals surface area contributed by atoms with E-state index in [0.717, 1.165) is 51.4 Å². The van der Waals surface area contributed by atoms with Gasteiger partial charge in [-0.3, -0.25) is 9.59 Å². The fraction of sp³-hybridized carbons (Fsp3) is 0.857. The van der Waals surface area contributed by atoms with Gasteiger partial charge in [0.15, 0.2) is 0 Å². The smallest absolute Gasteiger partial charge is 0.305 e. The number of allylic oxidation sites excluding steroid dienone is 5. The second-order valence-corrected chi connectivity index (χ2v) is 18.6. The monoisotopic (exact) mass is 872 g/mol. The Morgan fingerprint density at radius 2 is 0.806 bits per heavy atom. The third kappa shape index (κ3) is 47.6. The minimum absolute atomic E-state index is 0.00578. The first-order valence-electron chi connectivity index (χ1n) is 27.3. The highest BCUT2D eigenvalue weighted by atomic mass is 16.5. The Bertz CT molecular complexity index is 1010. The molecule has 0 aliphatic rings. The molecule has 6 nitrogen and oxygen atoms in total. The second kappa shape index (κ2) is 51.7. The molecule has 364 valence electrons. The highest BCUT2D eigenvalue weighted by Gasteiger charge is 2.18. The van der Waals surface area contributed by atoms with Gasteiger partial charge in [0, 0.05) is 12.8 Å². The highest BCUT2D eigenvalue weighted by molar-refractivity contribution is 5.76. The molecule has 0 radical (unpaired) electrons. The molecule has 0 aromatic rings. The molecular weight excluding hydrogens is 767 g/mol. The van der Waals surface area contributed by atoms with Crippen LogP contribution in [0.2, 0.25) is 0 Å². The molecule has 0 bridgehead atoms. The Kier molecular flexibility index (Phi) is 50.1. The van der Waals surface area contributed by atoms with Crippen LogP contribution in [0, 0.1) is 0 Å². The van der Waals surface area contributed by atoms with E-state index < -0.39 is 12.1 Å². The van der Waals surface area contributed by atoms with Gasteiger partial charge in [0.1, 0.15) is 0 Å². The third-order valence-electron chi connectivity index (χ3n) is 12.4. The summed E-state index contributed by atoms with van der Waals surface area (Å²) in [6.07, 6.45) is 63.0. The van der Waals surface area contributed by atoms with Gasteiger partial charge in [-0.05, 0) is 64.2 Å². The molecule has 0 aromatic heterocycles. The number of hydrogen-bond acceptors (Lipinski definition) is 5. The number of carbonyl (C=O) groups is 2. The summed E-state index contributed by atoms with van der Waals surface area (Å²) in [6, 6.07) is -0.629. The first kappa shape index (κ1) is 60.1. The summed E-state index contributed by atoms with van der Waals surface area (Å²) < 4.78 is 5.47. The van der Waals surface area contributed by atoms with Gasteiger partial charge in [-0.25, -0.2) is 0 Å². The lowest BCUT2D eigenvalue weighted by molar-refractivity contribution is -0.143. The van der Waals surface area contributed by atoms with Crippen molar-refractivity contribution in [2.45, 2.75) is 296 Å². The van der Waals surface area contributed by atoms with E-state index in [-0.39, 0.29) is 18.5 Å². The Morgan fingerprint density at radius 1 is 0.452 bits per heavy atom. The Hall–Kier alpha value is -1.92. The van der Waals surface area contributed by atoms with Crippen LogP contribution in [0.1, 0.15) is 284 Å². The number of nitrogens with one attached hydrogen (secondary N) is 1. The highest BCUT2D eigenvalue weighted by Crippen LogP contribution is 2.16. The van der Waals surface area contributed by atoms with Crippen molar-refractivity contribution in [1.82, 2.24) is 5.32 Å². The second-order valence-electron chi connectivity index (χ2n) is 18.6. The van der Waals surface area contributed by atoms with E-state index in [2.05, 4.69) is 43.5 Å². The fourth-order valence-electron chi connectivity index (χ4n) is 8.19. The molecule has 2 unspecified atom stereocenters. The summed E-state index contributed by atoms with van der Waals surface area (Å²) in [5, 5.41) is 23.0. The lowest BCUT2D eigenvalue weighted by Crippen LogP contribution is -2.45. The molecule has 1 amide bonds. The molecule has 0 aliphatic carbocycles. The molecule has 2 atom stereocenters. The van der Waals surface area contributed by atoms with Crippen molar-refractivity contribution in [3.05, 3.63) is 36.5 Å². The minimum atomic E-state index is -0.845. The van der Waals surface area contributed by atoms with E-state index in [1.165, 1.54) is 205 Å². The molecule has 6 heteroatoms. The van der Waals surface area contributed by atoms with Gasteiger partial charge in [0.05, 0.1) is 25.4 Å². The molecular formula is C56H105NO5. The van der Waals surface area contributed by atoms with Gasteiger partial charge in [-0.1, -0.05) is 243 Å². The zero-order chi connectivity index (χ0) is 45.1. The number of esters is 1. The van der Waals surface area contributed by atoms with Crippen molar-refractivity contribution in [3.8, 4) is 0 Å². The van der Waals surface area contributed by atoms with Crippen LogP contribution in [-0.4, -0.2) is 47.4 Å². The lowest BCUT2D eigenvalue weighted by atomic mass is 10.0. The zero-order valence-electron chi connectivity index (χ0n) is 41.4. The van der Waals surface area contributed by atoms with Crippen molar-refractivity contribution in [3.63, 3.8) is 0 Å². The summed E-state index contributed by atoms with van der Waals surface area (Å²) in [4.78, 5) is 24.4. The standard InChI is InChI=1S/C56H105NO5/c1-3-5-7-9-11-13-15-16-17-24-27-30-34-38-42-46-50-56(61)62-51-47-43-39-35-31-28-25-22-20-18-19-21-23-26-29-33-37-41-45-49-55(60)57-53(52-58)54(59)48-44-40-36-32-14-12-10-8-6-4-2/h13,15,17,24,44,48,53-54,58-59H,3-12,14,16,18-23,25-43,45-47,49-52H2,1-2H3,(H,57,60)/b15-13-,24-17-,48-44+. The first-order chi connectivity index (χ1) is 30.5. The molecule has 0 rings (SSSR count). The van der Waals surface area contributed by atoms with Crippen molar-refractivity contribution >= 4 is 11.9 Å². The van der Waals surface area contributed by atoms with Crippen LogP contribution in [0.5, 0.6) is 0 Å². The molecule has 0 saturated carbocycles. The fourth-order valence-corrected chi connectivity index (χ4v) is 8.19. The number of amides is 1. The van der Waals surface area contributed by atoms with Gasteiger partial charge in [-0.15, -0.1) is 0 Å². The van der Waals surface area contributed by atoms with E-state index in [4.69, 9.17) is 4.74 Å². The number of carbonyl (C=O) groups excluding carboxylic acids is 2. The van der Waals surface area contributed by atoms with Crippen molar-refractivity contribution in [1.29, 1.82) is 0 Å². The first-order valence-corrected chi connectivity index (χ1v) is 27.3. The van der Waals surface area contributed by atoms with Crippen LogP contribution in [0.4, 0.5) is 0 Å². The molecule has 0 aromatic carbocycles. The van der Waals surface area contributed by atoms with Crippen molar-refractivity contribution < 1.29 is 24.5 Å². The number of unbranched alkanes of at least 4 members (excludes halogenated alkanes) is 35. The normalized spacial score (nSPS) is 12.9. The van der Waals surface area contributed by atoms with Crippen LogP contribution in [-0.2, 0) is 14.3 Å². The predicted octanol–water partition coefficient (Wildman–Crippen LogP) is 16.5. The van der Waals surface area contributed by atoms with Gasteiger partial charge in [0.25, 0.3) is 0 Å². The maximum atomic E-state index is 12.4. The lowest BCUT2D eigenvalue weighted by Gasteiger charge is -2.20. The predicted molar refractivity (Wildman–Crippen MR) is 269 cm³/mol. The Labute approximate surface area is 385 Å². The molecule has 0 fully saturated rings. The van der Waals surface area contributed by atoms with Gasteiger partial charge in [0.2, 0.25) is 5.91 Å². The molecule has 62 heavy (non-hydrogen) atoms. The summed E-state index contributed by atoms with van der Waals surface area (Å²) in [6.45, 7) is 4.85. The van der Waals surface area contributed by atoms with Crippen molar-refractivity contribution in [2.24, 2.45) is 0 Å². The number of rotatable bonds is 50. The van der Waals surface area contributed by atoms with E-state index in [9.17, 15) is 19.8 Å². The quantitative estimate of drug-likeness (QED) is 0.0321. The third-order valence-corrected chi connectivity index (χ3v) is 12.4. The Morgan fingerprint density at radius 3 is 1.24 bits per heavy atom. The van der Waals surface area contributed by atoms with E-state index in [1.807, 2.05) is 6.08 Å². The zero-order valence-corrected chi connectivity index (χ0v) is 41.4. The van der Waals surface area contributed by atoms with Crippen LogP contribution >= 0.6 is 0 Å². The van der Waals surface area contributed by atoms with Gasteiger partial charge >= 0.3 is 5.97 Å². The molecule has 3 N–H and O–H groups in total. The SMILES string of the molecule is CCCCCC/C=C\C/C=C\CCCCCCCC(=O)OCCCCCCCCCCCCCCCCCCCCCC(=O)NC(CO)C(O)/C=C/CCCCCCCCCC. The topological polar surface area (TPSA) is 95.9 Å². The summed E-state index contributed by atoms with van der Waals surface area (Å²) in [5.74, 6) is -0.0793. The summed E-state index contributed by atoms with van der Waals surface area (Å²) in [5.41, 5.74) is 0. The molecule has 0 spiro atoms. The number of aliphatic hydroxyl groups is 2. The number of hydrogen-bond donors (Lipinski definition) is 3. The van der Waals surface area contributed by atoms with Crippen molar-refractivity contribution in [2.75, 3.05) is 13.2 Å². The maximum absolute atomic E-state index is 12.4. The van der Waals surface area contributed by atoms with Crippen LogP contribution in [0.3, 0.4) is 0 Å². The minimum Gasteiger partial charge on any atom is -0.466 e. The van der Waals surface area contributed by atoms with Crippen LogP contribution < -0.4 is 5.32 Å². The van der Waals surface area contributed by atoms with E-state index in [1.54, 1.807) is 6.08 Å². The molecule has 0 aliphatic heterocycles. The average Bonchev–Trinajstić information content (AvgIpc) is 3.27. The maximum Gasteiger partial charge on any atom is 0.305 e. The summed E-state index contributed by atoms with van der Waals surface area (Å²) in [7, 11) is 0. The number of ether oxygens (including phenoxy) is 1. The van der Waals surface area contributed by atoms with Crippen LogP contribution in [0.25, 0.3) is 0 Å². The molecule has 0 heterocycles. The van der Waals surface area contributed by atoms with Gasteiger partial charge < -0.3 is 20.3 Å². The number of aliphatic hydroxyl groups excluding tert-OH is 2. The van der Waals surface area contributed by atoms with Gasteiger partial charge in [-0.2, -0.15) is 0 Å². The summed E-state index contributed by atoms with van der Waals surface area (Å²) >= 11 is 0. The van der Waals surface area contributed by atoms with E-state index in [0.29, 0.717) is 19.4 Å². The van der Waals surface area contributed by atoms with Crippen LogP contribution in [0.15, 0.2) is 36.5 Å².